The maximum atomic E-state index is 5.82. The molecule has 1 fully saturated rings. The minimum atomic E-state index is 0.663. The zero-order chi connectivity index (χ0) is 7.42. The number of anilines is 1. The van der Waals surface area contributed by atoms with Crippen molar-refractivity contribution >= 4 is 17.4 Å². The Hall–Kier alpha value is -0.760. The van der Waals surface area contributed by atoms with Gasteiger partial charge in [0.2, 0.25) is 0 Å². The van der Waals surface area contributed by atoms with Crippen molar-refractivity contribution in [3.05, 3.63) is 22.8 Å². The van der Waals surface area contributed by atoms with E-state index in [2.05, 4.69) is 10.3 Å². The van der Waals surface area contributed by atoms with Gasteiger partial charge in [0.05, 0.1) is 5.02 Å². The van der Waals surface area contributed by atoms with Crippen molar-refractivity contribution in [3.63, 3.8) is 0 Å². The molecule has 11 heavy (non-hydrogen) atoms. The fraction of sp³-hybridized carbons (Fsp3) is 0.375. The molecule has 0 saturated heterocycles. The molecule has 1 aliphatic heterocycles. The van der Waals surface area contributed by atoms with Gasteiger partial charge < -0.3 is 5.32 Å². The van der Waals surface area contributed by atoms with Crippen LogP contribution in [0.3, 0.4) is 0 Å². The topological polar surface area (TPSA) is 24.9 Å². The second kappa shape index (κ2) is 1.69. The predicted molar refractivity (Wildman–Crippen MR) is 44.0 cm³/mol. The first kappa shape index (κ1) is 5.84. The molecule has 2 atom stereocenters. The third kappa shape index (κ3) is 0.703. The van der Waals surface area contributed by atoms with Crippen LogP contribution in [0.4, 0.5) is 5.82 Å². The summed E-state index contributed by atoms with van der Waals surface area (Å²) in [4.78, 5) is 4.20. The normalized spacial score (nSPS) is 30.6. The second-order valence-corrected chi connectivity index (χ2v) is 3.62. The van der Waals surface area contributed by atoms with Crippen LogP contribution in [0.15, 0.2) is 12.3 Å². The van der Waals surface area contributed by atoms with Crippen LogP contribution in [0, 0.1) is 0 Å². The third-order valence-electron chi connectivity index (χ3n) is 2.40. The smallest absolute Gasteiger partial charge is 0.129 e. The van der Waals surface area contributed by atoms with Gasteiger partial charge in [-0.05, 0) is 12.5 Å². The van der Waals surface area contributed by atoms with Crippen molar-refractivity contribution in [2.75, 3.05) is 5.32 Å². The van der Waals surface area contributed by atoms with Crippen molar-refractivity contribution in [2.24, 2.45) is 0 Å². The van der Waals surface area contributed by atoms with Gasteiger partial charge in [-0.25, -0.2) is 4.98 Å². The lowest BCUT2D eigenvalue weighted by Gasteiger charge is -2.01. The van der Waals surface area contributed by atoms with Crippen LogP contribution in [-0.4, -0.2) is 11.0 Å². The Morgan fingerprint density at radius 1 is 1.64 bits per heavy atom. The van der Waals surface area contributed by atoms with Crippen LogP contribution < -0.4 is 5.32 Å². The number of pyridine rings is 1. The summed E-state index contributed by atoms with van der Waals surface area (Å²) in [5.74, 6) is 1.74. The fourth-order valence-corrected chi connectivity index (χ4v) is 1.90. The Kier molecular flexibility index (Phi) is 0.899. The first-order chi connectivity index (χ1) is 5.34. The van der Waals surface area contributed by atoms with E-state index in [1.807, 2.05) is 6.07 Å². The quantitative estimate of drug-likeness (QED) is 0.638. The van der Waals surface area contributed by atoms with Crippen LogP contribution in [0.1, 0.15) is 17.9 Å². The van der Waals surface area contributed by atoms with E-state index in [1.165, 1.54) is 12.0 Å². The van der Waals surface area contributed by atoms with Gasteiger partial charge in [0, 0.05) is 23.7 Å². The largest absolute Gasteiger partial charge is 0.366 e. The zero-order valence-electron chi connectivity index (χ0n) is 5.84. The summed E-state index contributed by atoms with van der Waals surface area (Å²) in [5.41, 5.74) is 1.31. The third-order valence-corrected chi connectivity index (χ3v) is 2.60. The van der Waals surface area contributed by atoms with Crippen LogP contribution >= 0.6 is 11.6 Å². The molecule has 1 N–H and O–H groups in total. The van der Waals surface area contributed by atoms with Crippen molar-refractivity contribution < 1.29 is 0 Å². The van der Waals surface area contributed by atoms with E-state index in [9.17, 15) is 0 Å². The second-order valence-electron chi connectivity index (χ2n) is 3.18. The predicted octanol–water partition coefficient (Wildman–Crippen LogP) is 2.02. The highest BCUT2D eigenvalue weighted by molar-refractivity contribution is 6.30. The highest BCUT2D eigenvalue weighted by atomic mass is 35.5. The molecule has 2 aliphatic rings. The molecule has 2 heterocycles. The number of fused-ring (bicyclic) bond motifs is 3. The standard InChI is InChI=1S/C8H7ClN2/c9-4-1-6-5-2-7(5)11-8(6)10-3-4/h1,3,5,7H,2H2,(H,10,11). The summed E-state index contributed by atoms with van der Waals surface area (Å²) in [5, 5.41) is 4.08. The zero-order valence-corrected chi connectivity index (χ0v) is 6.60. The SMILES string of the molecule is Clc1cnc2c(c1)C1CC1N2. The monoisotopic (exact) mass is 166 g/mol. The van der Waals surface area contributed by atoms with Gasteiger partial charge in [0.15, 0.2) is 0 Å². The summed E-state index contributed by atoms with van der Waals surface area (Å²) in [6, 6.07) is 2.69. The maximum Gasteiger partial charge on any atom is 0.129 e. The maximum absolute atomic E-state index is 5.82. The molecule has 0 amide bonds. The highest BCUT2D eigenvalue weighted by Gasteiger charge is 2.45. The number of aromatic nitrogens is 1. The van der Waals surface area contributed by atoms with Gasteiger partial charge in [-0.1, -0.05) is 11.6 Å². The van der Waals surface area contributed by atoms with Crippen molar-refractivity contribution in [3.8, 4) is 0 Å². The molecule has 0 bridgehead atoms. The summed E-state index contributed by atoms with van der Waals surface area (Å²) < 4.78 is 0. The minimum absolute atomic E-state index is 0.663. The van der Waals surface area contributed by atoms with E-state index < -0.39 is 0 Å². The van der Waals surface area contributed by atoms with Gasteiger partial charge in [-0.2, -0.15) is 0 Å². The lowest BCUT2D eigenvalue weighted by atomic mass is 10.2. The van der Waals surface area contributed by atoms with Crippen LogP contribution in [0.25, 0.3) is 0 Å². The van der Waals surface area contributed by atoms with Gasteiger partial charge in [-0.15, -0.1) is 0 Å². The lowest BCUT2D eigenvalue weighted by Crippen LogP contribution is -1.97. The van der Waals surface area contributed by atoms with E-state index in [0.717, 1.165) is 10.8 Å². The van der Waals surface area contributed by atoms with Gasteiger partial charge >= 0.3 is 0 Å². The molecule has 0 radical (unpaired) electrons. The van der Waals surface area contributed by atoms with Crippen molar-refractivity contribution in [1.29, 1.82) is 0 Å². The molecule has 2 unspecified atom stereocenters. The van der Waals surface area contributed by atoms with E-state index in [4.69, 9.17) is 11.6 Å². The van der Waals surface area contributed by atoms with Gasteiger partial charge in [0.25, 0.3) is 0 Å². The van der Waals surface area contributed by atoms with Gasteiger partial charge in [-0.3, -0.25) is 0 Å². The summed E-state index contributed by atoms with van der Waals surface area (Å²) in [6.07, 6.45) is 2.95. The molecule has 1 aromatic heterocycles. The average molecular weight is 167 g/mol. The van der Waals surface area contributed by atoms with E-state index in [0.29, 0.717) is 12.0 Å². The first-order valence-electron chi connectivity index (χ1n) is 3.76. The Morgan fingerprint density at radius 3 is 3.45 bits per heavy atom. The molecule has 3 rings (SSSR count). The lowest BCUT2D eigenvalue weighted by molar-refractivity contribution is 1.14. The summed E-state index contributed by atoms with van der Waals surface area (Å²) in [7, 11) is 0. The molecule has 3 heteroatoms. The molecule has 1 aromatic rings. The average Bonchev–Trinajstić information content (AvgIpc) is 2.67. The molecule has 1 aliphatic carbocycles. The number of nitrogens with zero attached hydrogens (tertiary/aromatic N) is 1. The Balaban J connectivity index is 2.20. The van der Waals surface area contributed by atoms with E-state index in [1.54, 1.807) is 6.20 Å². The fourth-order valence-electron chi connectivity index (χ4n) is 1.73. The summed E-state index contributed by atoms with van der Waals surface area (Å²) in [6.45, 7) is 0. The van der Waals surface area contributed by atoms with Gasteiger partial charge in [0.1, 0.15) is 5.82 Å². The Bertz CT molecular complexity index is 324. The Labute approximate surface area is 69.6 Å². The number of hydrogen-bond acceptors (Lipinski definition) is 2. The molecule has 2 nitrogen and oxygen atoms in total. The number of nitrogens with one attached hydrogen (secondary N) is 1. The van der Waals surface area contributed by atoms with E-state index >= 15 is 0 Å². The number of halogens is 1. The molecular weight excluding hydrogens is 160 g/mol. The number of hydrogen-bond donors (Lipinski definition) is 1. The molecule has 0 aromatic carbocycles. The Morgan fingerprint density at radius 2 is 2.55 bits per heavy atom. The van der Waals surface area contributed by atoms with E-state index in [-0.39, 0.29) is 0 Å². The molecule has 56 valence electrons. The minimum Gasteiger partial charge on any atom is -0.366 e. The van der Waals surface area contributed by atoms with Crippen LogP contribution in [0.2, 0.25) is 5.02 Å². The van der Waals surface area contributed by atoms with Crippen LogP contribution in [0.5, 0.6) is 0 Å². The first-order valence-corrected chi connectivity index (χ1v) is 4.14. The van der Waals surface area contributed by atoms with Crippen LogP contribution in [-0.2, 0) is 0 Å². The molecule has 1 saturated carbocycles. The molecular formula is C8H7ClN2. The van der Waals surface area contributed by atoms with Crippen molar-refractivity contribution in [2.45, 2.75) is 18.4 Å². The summed E-state index contributed by atoms with van der Waals surface area (Å²) >= 11 is 5.82. The highest BCUT2D eigenvalue weighted by Crippen LogP contribution is 2.51. The van der Waals surface area contributed by atoms with Crippen molar-refractivity contribution in [1.82, 2.24) is 4.98 Å². The molecule has 0 spiro atoms. The number of rotatable bonds is 0.